The highest BCUT2D eigenvalue weighted by atomic mass is 16.6. The van der Waals surface area contributed by atoms with Gasteiger partial charge in [0.25, 0.3) is 0 Å². The highest BCUT2D eigenvalue weighted by molar-refractivity contribution is 5.85. The molecule has 0 radical (unpaired) electrons. The third-order valence-electron chi connectivity index (χ3n) is 2.68. The summed E-state index contributed by atoms with van der Waals surface area (Å²) < 4.78 is 5.10. The lowest BCUT2D eigenvalue weighted by molar-refractivity contribution is -0.141. The molecule has 1 aromatic rings. The van der Waals surface area contributed by atoms with Crippen molar-refractivity contribution in [1.29, 1.82) is 0 Å². The average molecular weight is 295 g/mol. The fraction of sp³-hybridized carbons (Fsp3) is 0.467. The zero-order valence-electron chi connectivity index (χ0n) is 12.6. The Balaban J connectivity index is 2.74. The van der Waals surface area contributed by atoms with E-state index >= 15 is 0 Å². The van der Waals surface area contributed by atoms with Crippen molar-refractivity contribution >= 4 is 17.7 Å². The summed E-state index contributed by atoms with van der Waals surface area (Å²) in [6.07, 6.45) is -0.401. The van der Waals surface area contributed by atoms with Crippen molar-refractivity contribution in [2.75, 3.05) is 5.32 Å². The van der Waals surface area contributed by atoms with Crippen molar-refractivity contribution in [2.45, 2.75) is 39.7 Å². The van der Waals surface area contributed by atoms with Gasteiger partial charge < -0.3 is 14.9 Å². The third kappa shape index (κ3) is 5.72. The van der Waals surface area contributed by atoms with Gasteiger partial charge in [-0.15, -0.1) is 0 Å². The number of hydrogen-bond acceptors (Lipinski definition) is 4. The van der Waals surface area contributed by atoms with E-state index in [2.05, 4.69) is 5.32 Å². The Labute approximate surface area is 123 Å². The molecule has 0 aromatic heterocycles. The molecule has 116 valence electrons. The Bertz CT molecular complexity index is 533. The first-order valence-electron chi connectivity index (χ1n) is 6.63. The summed E-state index contributed by atoms with van der Waals surface area (Å²) >= 11 is 0. The molecular formula is C15H21NO5. The van der Waals surface area contributed by atoms with Crippen LogP contribution in [-0.2, 0) is 16.0 Å². The van der Waals surface area contributed by atoms with Gasteiger partial charge in [0, 0.05) is 11.8 Å². The van der Waals surface area contributed by atoms with E-state index in [-0.39, 0.29) is 12.2 Å². The Morgan fingerprint density at radius 2 is 1.95 bits per heavy atom. The number of nitrogens with one attached hydrogen (secondary N) is 1. The van der Waals surface area contributed by atoms with E-state index in [9.17, 15) is 14.7 Å². The Morgan fingerprint density at radius 3 is 2.43 bits per heavy atom. The highest BCUT2D eigenvalue weighted by Gasteiger charge is 2.17. The van der Waals surface area contributed by atoms with Gasteiger partial charge >= 0.3 is 12.1 Å². The number of rotatable bonds is 4. The molecule has 1 unspecified atom stereocenters. The number of aromatic hydroxyl groups is 1. The molecule has 0 spiro atoms. The molecular weight excluding hydrogens is 274 g/mol. The topological polar surface area (TPSA) is 95.9 Å². The summed E-state index contributed by atoms with van der Waals surface area (Å²) in [7, 11) is 0. The average Bonchev–Trinajstić information content (AvgIpc) is 2.29. The van der Waals surface area contributed by atoms with Gasteiger partial charge in [-0.25, -0.2) is 4.79 Å². The number of carbonyl (C=O) groups is 2. The van der Waals surface area contributed by atoms with Crippen LogP contribution in [0.1, 0.15) is 33.3 Å². The van der Waals surface area contributed by atoms with Gasteiger partial charge in [0.2, 0.25) is 0 Å². The van der Waals surface area contributed by atoms with Crippen LogP contribution in [0, 0.1) is 5.92 Å². The molecule has 0 saturated carbocycles. The molecule has 1 aromatic carbocycles. The van der Waals surface area contributed by atoms with Crippen molar-refractivity contribution < 1.29 is 24.5 Å². The maximum atomic E-state index is 11.6. The predicted octanol–water partition coefficient (Wildman–Crippen LogP) is 3.00. The number of phenols is 1. The van der Waals surface area contributed by atoms with Crippen LogP contribution in [0.4, 0.5) is 10.5 Å². The van der Waals surface area contributed by atoms with Crippen LogP contribution in [0.2, 0.25) is 0 Å². The van der Waals surface area contributed by atoms with Crippen LogP contribution in [0.15, 0.2) is 18.2 Å². The molecule has 0 aliphatic heterocycles. The molecule has 0 bridgehead atoms. The van der Waals surface area contributed by atoms with Crippen molar-refractivity contribution in [2.24, 2.45) is 5.92 Å². The molecule has 0 fully saturated rings. The molecule has 6 heteroatoms. The molecule has 1 atom stereocenters. The van der Waals surface area contributed by atoms with Crippen LogP contribution in [0.3, 0.4) is 0 Å². The van der Waals surface area contributed by atoms with Gasteiger partial charge in [-0.2, -0.15) is 0 Å². The van der Waals surface area contributed by atoms with Crippen molar-refractivity contribution in [3.63, 3.8) is 0 Å². The minimum Gasteiger partial charge on any atom is -0.508 e. The first-order valence-corrected chi connectivity index (χ1v) is 6.63. The number of hydrogen-bond donors (Lipinski definition) is 3. The number of benzene rings is 1. The van der Waals surface area contributed by atoms with Crippen molar-refractivity contribution in [3.8, 4) is 5.75 Å². The third-order valence-corrected chi connectivity index (χ3v) is 2.68. The molecule has 3 N–H and O–H groups in total. The molecule has 0 heterocycles. The van der Waals surface area contributed by atoms with Crippen LogP contribution >= 0.6 is 0 Å². The number of phenolic OH excluding ortho intramolecular Hbond substituents is 1. The van der Waals surface area contributed by atoms with E-state index in [1.807, 2.05) is 0 Å². The second kappa shape index (κ2) is 6.47. The molecule has 0 saturated heterocycles. The normalized spacial score (nSPS) is 12.6. The summed E-state index contributed by atoms with van der Waals surface area (Å²) in [6, 6.07) is 4.54. The zero-order valence-corrected chi connectivity index (χ0v) is 12.6. The lowest BCUT2D eigenvalue weighted by atomic mass is 10.0. The first-order chi connectivity index (χ1) is 9.58. The summed E-state index contributed by atoms with van der Waals surface area (Å²) in [5, 5.41) is 21.2. The Kier molecular flexibility index (Phi) is 5.18. The predicted molar refractivity (Wildman–Crippen MR) is 78.5 cm³/mol. The van der Waals surface area contributed by atoms with E-state index in [1.165, 1.54) is 6.07 Å². The second-order valence-electron chi connectivity index (χ2n) is 5.91. The van der Waals surface area contributed by atoms with Crippen LogP contribution < -0.4 is 5.32 Å². The summed E-state index contributed by atoms with van der Waals surface area (Å²) in [6.45, 7) is 6.82. The van der Waals surface area contributed by atoms with Gasteiger partial charge in [0.1, 0.15) is 11.4 Å². The monoisotopic (exact) mass is 295 g/mol. The lowest BCUT2D eigenvalue weighted by Crippen LogP contribution is -2.27. The van der Waals surface area contributed by atoms with Gasteiger partial charge in [0.15, 0.2) is 0 Å². The standard InChI is InChI=1S/C15H21NO5/c1-9(13(18)19)7-10-5-6-11(8-12(10)17)16-14(20)21-15(2,3)4/h5-6,8-9,17H,7H2,1-4H3,(H,16,20)(H,18,19). The first kappa shape index (κ1) is 16.8. The largest absolute Gasteiger partial charge is 0.508 e. The van der Waals surface area contributed by atoms with E-state index in [1.54, 1.807) is 39.8 Å². The molecule has 1 amide bonds. The minimum absolute atomic E-state index is 0.0586. The van der Waals surface area contributed by atoms with Gasteiger partial charge in [-0.05, 0) is 38.8 Å². The highest BCUT2D eigenvalue weighted by Crippen LogP contribution is 2.25. The van der Waals surface area contributed by atoms with Crippen molar-refractivity contribution in [3.05, 3.63) is 23.8 Å². The summed E-state index contributed by atoms with van der Waals surface area (Å²) in [4.78, 5) is 22.4. The molecule has 0 aliphatic carbocycles. The summed E-state index contributed by atoms with van der Waals surface area (Å²) in [5.41, 5.74) is 0.288. The number of carboxylic acid groups (broad SMARTS) is 1. The van der Waals surface area contributed by atoms with Crippen LogP contribution in [-0.4, -0.2) is 27.9 Å². The maximum absolute atomic E-state index is 11.6. The van der Waals surface area contributed by atoms with E-state index in [0.29, 0.717) is 11.3 Å². The fourth-order valence-electron chi connectivity index (χ4n) is 1.65. The Morgan fingerprint density at radius 1 is 1.33 bits per heavy atom. The number of amides is 1. The molecule has 0 aliphatic rings. The van der Waals surface area contributed by atoms with E-state index in [0.717, 1.165) is 0 Å². The van der Waals surface area contributed by atoms with Crippen LogP contribution in [0.25, 0.3) is 0 Å². The Hall–Kier alpha value is -2.24. The number of carbonyl (C=O) groups excluding carboxylic acids is 1. The summed E-state index contributed by atoms with van der Waals surface area (Å²) in [5.74, 6) is -1.58. The maximum Gasteiger partial charge on any atom is 0.412 e. The number of carboxylic acids is 1. The van der Waals surface area contributed by atoms with Crippen LogP contribution in [0.5, 0.6) is 5.75 Å². The second-order valence-corrected chi connectivity index (χ2v) is 5.91. The van der Waals surface area contributed by atoms with E-state index in [4.69, 9.17) is 9.84 Å². The lowest BCUT2D eigenvalue weighted by Gasteiger charge is -2.19. The number of ether oxygens (including phenoxy) is 1. The minimum atomic E-state index is -0.926. The molecule has 21 heavy (non-hydrogen) atoms. The van der Waals surface area contributed by atoms with Gasteiger partial charge in [-0.3, -0.25) is 10.1 Å². The van der Waals surface area contributed by atoms with Crippen molar-refractivity contribution in [1.82, 2.24) is 0 Å². The molecule has 1 rings (SSSR count). The van der Waals surface area contributed by atoms with E-state index < -0.39 is 23.6 Å². The van der Waals surface area contributed by atoms with Gasteiger partial charge in [-0.1, -0.05) is 13.0 Å². The van der Waals surface area contributed by atoms with Gasteiger partial charge in [0.05, 0.1) is 5.92 Å². The quantitative estimate of drug-likeness (QED) is 0.793. The fourth-order valence-corrected chi connectivity index (χ4v) is 1.65. The number of anilines is 1. The smallest absolute Gasteiger partial charge is 0.412 e. The number of aliphatic carboxylic acids is 1. The zero-order chi connectivity index (χ0) is 16.2. The molecule has 6 nitrogen and oxygen atoms in total. The SMILES string of the molecule is CC(Cc1ccc(NC(=O)OC(C)(C)C)cc1O)C(=O)O.